The smallest absolute Gasteiger partial charge is 0.251 e. The molecule has 1 aromatic carbocycles. The SMILES string of the molecule is CCNC(=NCc1cccc(C(=O)NCc2ccco2)c1)NCc1nc(C)c(C)o1. The molecule has 0 saturated heterocycles. The van der Waals surface area contributed by atoms with E-state index in [1.54, 1.807) is 18.4 Å². The van der Waals surface area contributed by atoms with Crippen LogP contribution in [-0.2, 0) is 19.6 Å². The fourth-order valence-electron chi connectivity index (χ4n) is 2.78. The number of aryl methyl sites for hydroxylation is 2. The van der Waals surface area contributed by atoms with E-state index < -0.39 is 0 Å². The van der Waals surface area contributed by atoms with Gasteiger partial charge in [-0.05, 0) is 50.6 Å². The first-order valence-corrected chi connectivity index (χ1v) is 9.89. The lowest BCUT2D eigenvalue weighted by molar-refractivity contribution is 0.0948. The average Bonchev–Trinajstić information content (AvgIpc) is 3.38. The number of aromatic nitrogens is 1. The molecule has 3 rings (SSSR count). The highest BCUT2D eigenvalue weighted by Gasteiger charge is 2.08. The van der Waals surface area contributed by atoms with E-state index in [1.807, 2.05) is 45.0 Å². The Morgan fingerprint density at radius 3 is 2.67 bits per heavy atom. The average molecular weight is 409 g/mol. The molecule has 2 aromatic heterocycles. The maximum atomic E-state index is 12.4. The number of amides is 1. The van der Waals surface area contributed by atoms with Crippen LogP contribution < -0.4 is 16.0 Å². The van der Waals surface area contributed by atoms with Gasteiger partial charge >= 0.3 is 0 Å². The number of furan rings is 1. The van der Waals surface area contributed by atoms with Gasteiger partial charge < -0.3 is 24.8 Å². The Bertz CT molecular complexity index is 973. The molecule has 8 heteroatoms. The molecule has 0 aliphatic heterocycles. The van der Waals surface area contributed by atoms with Crippen molar-refractivity contribution in [3.05, 3.63) is 76.9 Å². The van der Waals surface area contributed by atoms with Crippen molar-refractivity contribution in [3.8, 4) is 0 Å². The summed E-state index contributed by atoms with van der Waals surface area (Å²) in [5.74, 6) is 2.64. The second-order valence-corrected chi connectivity index (χ2v) is 6.76. The van der Waals surface area contributed by atoms with Crippen LogP contribution in [0.2, 0.25) is 0 Å². The molecule has 3 N–H and O–H groups in total. The molecular formula is C22H27N5O3. The lowest BCUT2D eigenvalue weighted by atomic mass is 10.1. The van der Waals surface area contributed by atoms with Crippen LogP contribution in [0.1, 0.15) is 46.0 Å². The van der Waals surface area contributed by atoms with Gasteiger partial charge in [-0.2, -0.15) is 0 Å². The molecule has 3 aromatic rings. The van der Waals surface area contributed by atoms with Crippen LogP contribution in [0.15, 0.2) is 56.5 Å². The third-order valence-corrected chi connectivity index (χ3v) is 4.44. The fraction of sp³-hybridized carbons (Fsp3) is 0.318. The Morgan fingerprint density at radius 2 is 1.97 bits per heavy atom. The Labute approximate surface area is 175 Å². The van der Waals surface area contributed by atoms with Crippen LogP contribution in [0.25, 0.3) is 0 Å². The third-order valence-electron chi connectivity index (χ3n) is 4.44. The van der Waals surface area contributed by atoms with Crippen molar-refractivity contribution >= 4 is 11.9 Å². The Kier molecular flexibility index (Phi) is 7.26. The molecule has 0 spiro atoms. The maximum Gasteiger partial charge on any atom is 0.251 e. The Morgan fingerprint density at radius 1 is 1.10 bits per heavy atom. The number of nitrogens with zero attached hydrogens (tertiary/aromatic N) is 2. The number of carbonyl (C=O) groups is 1. The normalized spacial score (nSPS) is 11.4. The van der Waals surface area contributed by atoms with E-state index in [-0.39, 0.29) is 5.91 Å². The quantitative estimate of drug-likeness (QED) is 0.390. The predicted octanol–water partition coefficient (Wildman–Crippen LogP) is 3.07. The number of nitrogens with one attached hydrogen (secondary N) is 3. The third kappa shape index (κ3) is 5.97. The summed E-state index contributed by atoms with van der Waals surface area (Å²) in [6, 6.07) is 11.0. The molecule has 0 radical (unpaired) electrons. The van der Waals surface area contributed by atoms with Crippen molar-refractivity contribution in [3.63, 3.8) is 0 Å². The van der Waals surface area contributed by atoms with Gasteiger partial charge in [0.25, 0.3) is 5.91 Å². The molecule has 8 nitrogen and oxygen atoms in total. The molecule has 0 unspecified atom stereocenters. The van der Waals surface area contributed by atoms with Gasteiger partial charge in [-0.25, -0.2) is 9.98 Å². The molecule has 0 atom stereocenters. The van der Waals surface area contributed by atoms with E-state index in [0.29, 0.717) is 42.8 Å². The van der Waals surface area contributed by atoms with Crippen molar-refractivity contribution in [2.45, 2.75) is 40.4 Å². The fourth-order valence-corrected chi connectivity index (χ4v) is 2.78. The lowest BCUT2D eigenvalue weighted by Crippen LogP contribution is -2.36. The largest absolute Gasteiger partial charge is 0.467 e. The van der Waals surface area contributed by atoms with E-state index in [2.05, 4.69) is 25.9 Å². The molecule has 0 bridgehead atoms. The number of carbonyl (C=O) groups excluding carboxylic acids is 1. The second kappa shape index (κ2) is 10.3. The summed E-state index contributed by atoms with van der Waals surface area (Å²) in [4.78, 5) is 21.3. The van der Waals surface area contributed by atoms with Crippen molar-refractivity contribution in [1.29, 1.82) is 0 Å². The zero-order valence-electron chi connectivity index (χ0n) is 17.5. The number of oxazole rings is 1. The summed E-state index contributed by atoms with van der Waals surface area (Å²) < 4.78 is 10.8. The Balaban J connectivity index is 1.59. The number of guanidine groups is 1. The van der Waals surface area contributed by atoms with Gasteiger partial charge in [0, 0.05) is 12.1 Å². The second-order valence-electron chi connectivity index (χ2n) is 6.76. The number of aliphatic imine (C=N–C) groups is 1. The zero-order valence-corrected chi connectivity index (χ0v) is 17.5. The molecule has 0 saturated carbocycles. The summed E-state index contributed by atoms with van der Waals surface area (Å²) in [5.41, 5.74) is 2.40. The van der Waals surface area contributed by atoms with E-state index in [4.69, 9.17) is 8.83 Å². The first-order valence-electron chi connectivity index (χ1n) is 9.89. The highest BCUT2D eigenvalue weighted by Crippen LogP contribution is 2.09. The maximum absolute atomic E-state index is 12.4. The van der Waals surface area contributed by atoms with E-state index >= 15 is 0 Å². The molecule has 0 aliphatic carbocycles. The van der Waals surface area contributed by atoms with Gasteiger partial charge in [-0.1, -0.05) is 12.1 Å². The number of benzene rings is 1. The standard InChI is InChI=1S/C22H27N5O3/c1-4-23-22(26-14-20-27-15(2)16(3)30-20)25-12-17-7-5-8-18(11-17)21(28)24-13-19-9-6-10-29-19/h5-11H,4,12-14H2,1-3H3,(H,24,28)(H2,23,25,26). The summed E-state index contributed by atoms with van der Waals surface area (Å²) in [6.07, 6.45) is 1.58. The van der Waals surface area contributed by atoms with Gasteiger partial charge in [0.05, 0.1) is 31.6 Å². The van der Waals surface area contributed by atoms with E-state index in [0.717, 1.165) is 23.6 Å². The van der Waals surface area contributed by atoms with Crippen LogP contribution in [0.4, 0.5) is 0 Å². The van der Waals surface area contributed by atoms with Crippen LogP contribution in [0.5, 0.6) is 0 Å². The van der Waals surface area contributed by atoms with Crippen LogP contribution in [0.3, 0.4) is 0 Å². The van der Waals surface area contributed by atoms with Gasteiger partial charge in [-0.3, -0.25) is 4.79 Å². The van der Waals surface area contributed by atoms with Crippen molar-refractivity contribution in [2.75, 3.05) is 6.54 Å². The molecular weight excluding hydrogens is 382 g/mol. The van der Waals surface area contributed by atoms with Crippen molar-refractivity contribution in [2.24, 2.45) is 4.99 Å². The first kappa shape index (κ1) is 21.2. The van der Waals surface area contributed by atoms with Crippen molar-refractivity contribution in [1.82, 2.24) is 20.9 Å². The van der Waals surface area contributed by atoms with Crippen LogP contribution in [-0.4, -0.2) is 23.4 Å². The van der Waals surface area contributed by atoms with Gasteiger partial charge in [0.1, 0.15) is 11.5 Å². The minimum absolute atomic E-state index is 0.156. The zero-order chi connectivity index (χ0) is 21.3. The molecule has 2 heterocycles. The molecule has 0 aliphatic rings. The van der Waals surface area contributed by atoms with Gasteiger partial charge in [0.15, 0.2) is 5.96 Å². The summed E-state index contributed by atoms with van der Waals surface area (Å²) in [7, 11) is 0. The predicted molar refractivity (Wildman–Crippen MR) is 114 cm³/mol. The minimum atomic E-state index is -0.156. The summed E-state index contributed by atoms with van der Waals surface area (Å²) in [6.45, 7) is 7.75. The molecule has 30 heavy (non-hydrogen) atoms. The van der Waals surface area contributed by atoms with Gasteiger partial charge in [0.2, 0.25) is 5.89 Å². The molecule has 158 valence electrons. The van der Waals surface area contributed by atoms with Crippen LogP contribution in [0, 0.1) is 13.8 Å². The monoisotopic (exact) mass is 409 g/mol. The highest BCUT2D eigenvalue weighted by atomic mass is 16.4. The Hall–Kier alpha value is -3.55. The molecule has 0 fully saturated rings. The first-order chi connectivity index (χ1) is 14.5. The minimum Gasteiger partial charge on any atom is -0.467 e. The number of rotatable bonds is 8. The van der Waals surface area contributed by atoms with E-state index in [1.165, 1.54) is 0 Å². The number of hydrogen-bond donors (Lipinski definition) is 3. The highest BCUT2D eigenvalue weighted by molar-refractivity contribution is 5.94. The number of hydrogen-bond acceptors (Lipinski definition) is 5. The summed E-state index contributed by atoms with van der Waals surface area (Å²) >= 11 is 0. The molecule has 1 amide bonds. The van der Waals surface area contributed by atoms with Crippen molar-refractivity contribution < 1.29 is 13.6 Å². The van der Waals surface area contributed by atoms with E-state index in [9.17, 15) is 4.79 Å². The topological polar surface area (TPSA) is 105 Å². The van der Waals surface area contributed by atoms with Gasteiger partial charge in [-0.15, -0.1) is 0 Å². The lowest BCUT2D eigenvalue weighted by Gasteiger charge is -2.10. The summed E-state index contributed by atoms with van der Waals surface area (Å²) in [5, 5.41) is 9.26. The van der Waals surface area contributed by atoms with Crippen LogP contribution >= 0.6 is 0 Å².